The maximum absolute atomic E-state index is 12.3. The Hall–Kier alpha value is -0.520. The number of halogens is 2. The van der Waals surface area contributed by atoms with Crippen LogP contribution in [0.3, 0.4) is 0 Å². The first-order valence-electron chi connectivity index (χ1n) is 6.41. The lowest BCUT2D eigenvalue weighted by atomic mass is 10.2. The first kappa shape index (κ1) is 16.5. The summed E-state index contributed by atoms with van der Waals surface area (Å²) in [6.45, 7) is 4.63. The van der Waals surface area contributed by atoms with Crippen molar-refractivity contribution < 1.29 is 4.79 Å². The molecule has 4 nitrogen and oxygen atoms in total. The number of nitrogens with zero attached hydrogens (tertiary/aromatic N) is 1. The van der Waals surface area contributed by atoms with Gasteiger partial charge in [-0.05, 0) is 54.6 Å². The van der Waals surface area contributed by atoms with Crippen LogP contribution in [0.1, 0.15) is 43.2 Å². The number of hydrogen-bond donors (Lipinski definition) is 2. The quantitative estimate of drug-likeness (QED) is 0.858. The van der Waals surface area contributed by atoms with Crippen molar-refractivity contribution in [2.45, 2.75) is 38.8 Å². The van der Waals surface area contributed by atoms with Gasteiger partial charge in [0.05, 0.1) is 0 Å². The molecule has 2 rings (SSSR count). The van der Waals surface area contributed by atoms with E-state index in [0.29, 0.717) is 18.2 Å². The molecule has 3 N–H and O–H groups in total. The molecule has 1 aromatic heterocycles. The zero-order chi connectivity index (χ0) is 13.3. The second-order valence-corrected chi connectivity index (χ2v) is 6.11. The molecule has 1 heterocycles. The smallest absolute Gasteiger partial charge is 0.268 e. The molecule has 1 saturated carbocycles. The number of aromatic nitrogens is 1. The van der Waals surface area contributed by atoms with Crippen LogP contribution < -0.4 is 11.1 Å². The van der Waals surface area contributed by atoms with Gasteiger partial charge in [0.25, 0.3) is 5.91 Å². The van der Waals surface area contributed by atoms with Crippen LogP contribution >= 0.6 is 28.3 Å². The number of carbonyl (C=O) groups is 1. The Labute approximate surface area is 128 Å². The largest absolute Gasteiger partial charge is 0.346 e. The monoisotopic (exact) mass is 349 g/mol. The van der Waals surface area contributed by atoms with Crippen LogP contribution in [-0.2, 0) is 0 Å². The van der Waals surface area contributed by atoms with Gasteiger partial charge in [-0.15, -0.1) is 12.4 Å². The van der Waals surface area contributed by atoms with Gasteiger partial charge in [0.15, 0.2) is 0 Å². The van der Waals surface area contributed by atoms with Crippen molar-refractivity contribution in [3.05, 3.63) is 22.4 Å². The van der Waals surface area contributed by atoms with E-state index in [1.165, 1.54) is 12.8 Å². The van der Waals surface area contributed by atoms with Crippen LogP contribution in [-0.4, -0.2) is 23.1 Å². The zero-order valence-electron chi connectivity index (χ0n) is 11.2. The predicted octanol–water partition coefficient (Wildman–Crippen LogP) is 2.72. The number of nitrogens with two attached hydrogens (primary N) is 1. The molecule has 6 heteroatoms. The fourth-order valence-electron chi connectivity index (χ4n) is 2.17. The van der Waals surface area contributed by atoms with Crippen LogP contribution in [0.15, 0.2) is 16.7 Å². The zero-order valence-corrected chi connectivity index (χ0v) is 13.6. The highest BCUT2D eigenvalue weighted by Gasteiger charge is 2.32. The van der Waals surface area contributed by atoms with Gasteiger partial charge in [-0.25, -0.2) is 0 Å². The van der Waals surface area contributed by atoms with Crippen molar-refractivity contribution in [1.29, 1.82) is 0 Å². The second kappa shape index (κ2) is 6.77. The third kappa shape index (κ3) is 3.97. The summed E-state index contributed by atoms with van der Waals surface area (Å²) in [5.74, 6) is 0.543. The highest BCUT2D eigenvalue weighted by Crippen LogP contribution is 2.32. The summed E-state index contributed by atoms with van der Waals surface area (Å²) in [6.07, 6.45) is 4.29. The maximum Gasteiger partial charge on any atom is 0.268 e. The average Bonchev–Trinajstić information content (AvgIpc) is 3.07. The van der Waals surface area contributed by atoms with E-state index in [4.69, 9.17) is 5.73 Å². The molecule has 1 aliphatic carbocycles. The molecular weight excluding hydrogens is 330 g/mol. The Morgan fingerprint density at radius 3 is 2.68 bits per heavy atom. The number of hydrogen-bond acceptors (Lipinski definition) is 2. The van der Waals surface area contributed by atoms with Gasteiger partial charge in [-0.1, -0.05) is 0 Å². The fraction of sp³-hybridized carbons (Fsp3) is 0.615. The standard InChI is InChI=1S/C13H20BrN3O.ClH/c1-8(2)17-7-10(14)5-12(17)13(18)16-11(6-15)9-3-4-9;/h5,7-9,11H,3-4,6,15H2,1-2H3,(H,16,18);1H. The summed E-state index contributed by atoms with van der Waals surface area (Å²) in [4.78, 5) is 12.3. The molecule has 0 bridgehead atoms. The van der Waals surface area contributed by atoms with Crippen LogP contribution in [0, 0.1) is 5.92 Å². The van der Waals surface area contributed by atoms with Gasteiger partial charge in [-0.3, -0.25) is 4.79 Å². The van der Waals surface area contributed by atoms with E-state index >= 15 is 0 Å². The van der Waals surface area contributed by atoms with E-state index in [9.17, 15) is 4.79 Å². The first-order chi connectivity index (χ1) is 8.52. The van der Waals surface area contributed by atoms with E-state index in [1.807, 2.05) is 16.8 Å². The third-order valence-electron chi connectivity index (χ3n) is 3.37. The van der Waals surface area contributed by atoms with Gasteiger partial charge in [-0.2, -0.15) is 0 Å². The summed E-state index contributed by atoms with van der Waals surface area (Å²) < 4.78 is 2.90. The van der Waals surface area contributed by atoms with E-state index < -0.39 is 0 Å². The van der Waals surface area contributed by atoms with Gasteiger partial charge in [0, 0.05) is 29.3 Å². The molecule has 0 aromatic carbocycles. The third-order valence-corrected chi connectivity index (χ3v) is 3.80. The Kier molecular flexibility index (Phi) is 5.89. The summed E-state index contributed by atoms with van der Waals surface area (Å²) in [6, 6.07) is 2.23. The Morgan fingerprint density at radius 2 is 2.21 bits per heavy atom. The van der Waals surface area contributed by atoms with Crippen LogP contribution in [0.4, 0.5) is 0 Å². The van der Waals surface area contributed by atoms with Gasteiger partial charge >= 0.3 is 0 Å². The number of carbonyl (C=O) groups excluding carboxylic acids is 1. The fourth-order valence-corrected chi connectivity index (χ4v) is 2.60. The molecule has 1 unspecified atom stereocenters. The van der Waals surface area contributed by atoms with Crippen molar-refractivity contribution in [1.82, 2.24) is 9.88 Å². The van der Waals surface area contributed by atoms with E-state index in [-0.39, 0.29) is 30.4 Å². The van der Waals surface area contributed by atoms with Crippen LogP contribution in [0.25, 0.3) is 0 Å². The molecule has 0 aliphatic heterocycles. The lowest BCUT2D eigenvalue weighted by Gasteiger charge is -2.18. The van der Waals surface area contributed by atoms with E-state index in [1.54, 1.807) is 0 Å². The number of nitrogens with one attached hydrogen (secondary N) is 1. The normalized spacial score (nSPS) is 16.1. The molecule has 19 heavy (non-hydrogen) atoms. The molecule has 1 amide bonds. The second-order valence-electron chi connectivity index (χ2n) is 5.20. The lowest BCUT2D eigenvalue weighted by Crippen LogP contribution is -2.42. The molecule has 0 radical (unpaired) electrons. The van der Waals surface area contributed by atoms with Gasteiger partial charge in [0.2, 0.25) is 0 Å². The molecule has 0 saturated heterocycles. The van der Waals surface area contributed by atoms with E-state index in [2.05, 4.69) is 35.1 Å². The maximum atomic E-state index is 12.3. The average molecular weight is 351 g/mol. The van der Waals surface area contributed by atoms with Gasteiger partial charge in [0.1, 0.15) is 5.69 Å². The van der Waals surface area contributed by atoms with E-state index in [0.717, 1.165) is 4.47 Å². The minimum absolute atomic E-state index is 0. The van der Waals surface area contributed by atoms with Gasteiger partial charge < -0.3 is 15.6 Å². The topological polar surface area (TPSA) is 60.0 Å². The van der Waals surface area contributed by atoms with Crippen molar-refractivity contribution >= 4 is 34.2 Å². The highest BCUT2D eigenvalue weighted by molar-refractivity contribution is 9.10. The van der Waals surface area contributed by atoms with Crippen LogP contribution in [0.5, 0.6) is 0 Å². The lowest BCUT2D eigenvalue weighted by molar-refractivity contribution is 0.0922. The summed E-state index contributed by atoms with van der Waals surface area (Å²) >= 11 is 3.42. The molecule has 1 aliphatic rings. The van der Waals surface area contributed by atoms with Crippen molar-refractivity contribution in [3.63, 3.8) is 0 Å². The van der Waals surface area contributed by atoms with Crippen molar-refractivity contribution in [3.8, 4) is 0 Å². The predicted molar refractivity (Wildman–Crippen MR) is 82.8 cm³/mol. The Balaban J connectivity index is 0.00000180. The SMILES string of the molecule is CC(C)n1cc(Br)cc1C(=O)NC(CN)C1CC1.Cl. The minimum Gasteiger partial charge on any atom is -0.346 e. The van der Waals surface area contributed by atoms with Crippen molar-refractivity contribution in [2.24, 2.45) is 11.7 Å². The Morgan fingerprint density at radius 1 is 1.58 bits per heavy atom. The number of rotatable bonds is 5. The summed E-state index contributed by atoms with van der Waals surface area (Å²) in [5.41, 5.74) is 6.40. The van der Waals surface area contributed by atoms with Crippen LogP contribution in [0.2, 0.25) is 0 Å². The molecule has 0 spiro atoms. The summed E-state index contributed by atoms with van der Waals surface area (Å²) in [5, 5.41) is 3.05. The first-order valence-corrected chi connectivity index (χ1v) is 7.20. The highest BCUT2D eigenvalue weighted by atomic mass is 79.9. The summed E-state index contributed by atoms with van der Waals surface area (Å²) in [7, 11) is 0. The molecule has 1 fully saturated rings. The molecule has 108 valence electrons. The Bertz CT molecular complexity index is 443. The van der Waals surface area contributed by atoms with Crippen molar-refractivity contribution in [2.75, 3.05) is 6.54 Å². The minimum atomic E-state index is -0.0308. The molecular formula is C13H21BrClN3O. The molecule has 1 aromatic rings. The number of amides is 1. The molecule has 1 atom stereocenters.